The average Bonchev–Trinajstić information content (AvgIpc) is 2.50. The van der Waals surface area contributed by atoms with Crippen molar-refractivity contribution in [2.24, 2.45) is 0 Å². The average molecular weight is 332 g/mol. The van der Waals surface area contributed by atoms with Crippen molar-refractivity contribution in [3.63, 3.8) is 0 Å². The van der Waals surface area contributed by atoms with Gasteiger partial charge in [-0.15, -0.1) is 0 Å². The van der Waals surface area contributed by atoms with E-state index in [1.807, 2.05) is 25.7 Å². The molecule has 1 atom stereocenters. The second-order valence-electron chi connectivity index (χ2n) is 7.73. The molecule has 1 unspecified atom stereocenters. The van der Waals surface area contributed by atoms with Gasteiger partial charge >= 0.3 is 6.09 Å². The molecular formula is C20H32N2O2. The predicted octanol–water partition coefficient (Wildman–Crippen LogP) is 4.21. The third-order valence-corrected chi connectivity index (χ3v) is 4.59. The van der Waals surface area contributed by atoms with Crippen molar-refractivity contribution >= 4 is 6.09 Å². The topological polar surface area (TPSA) is 32.8 Å². The first-order valence-corrected chi connectivity index (χ1v) is 9.06. The van der Waals surface area contributed by atoms with Crippen LogP contribution >= 0.6 is 0 Å². The second-order valence-corrected chi connectivity index (χ2v) is 7.73. The van der Waals surface area contributed by atoms with Crippen molar-refractivity contribution in [3.05, 3.63) is 34.9 Å². The van der Waals surface area contributed by atoms with Gasteiger partial charge in [0.1, 0.15) is 5.60 Å². The van der Waals surface area contributed by atoms with E-state index in [-0.39, 0.29) is 12.1 Å². The van der Waals surface area contributed by atoms with Gasteiger partial charge in [0, 0.05) is 19.1 Å². The van der Waals surface area contributed by atoms with Gasteiger partial charge in [0.05, 0.1) is 0 Å². The van der Waals surface area contributed by atoms with Gasteiger partial charge in [-0.3, -0.25) is 4.90 Å². The Morgan fingerprint density at radius 2 is 1.92 bits per heavy atom. The summed E-state index contributed by atoms with van der Waals surface area (Å²) < 4.78 is 5.55. The van der Waals surface area contributed by atoms with E-state index in [1.165, 1.54) is 16.7 Å². The third kappa shape index (κ3) is 4.73. The summed E-state index contributed by atoms with van der Waals surface area (Å²) in [6, 6.07) is 6.85. The minimum absolute atomic E-state index is 0.163. The molecule has 1 aromatic carbocycles. The molecule has 0 N–H and O–H groups in total. The number of benzene rings is 1. The summed E-state index contributed by atoms with van der Waals surface area (Å²) in [5.41, 5.74) is 3.51. The van der Waals surface area contributed by atoms with Crippen LogP contribution in [-0.4, -0.2) is 40.6 Å². The molecule has 0 saturated heterocycles. The Morgan fingerprint density at radius 1 is 1.25 bits per heavy atom. The van der Waals surface area contributed by atoms with Crippen LogP contribution < -0.4 is 0 Å². The van der Waals surface area contributed by atoms with Crippen molar-refractivity contribution in [1.29, 1.82) is 0 Å². The maximum atomic E-state index is 12.4. The predicted molar refractivity (Wildman–Crippen MR) is 98.0 cm³/mol. The highest BCUT2D eigenvalue weighted by molar-refractivity contribution is 5.69. The number of hydrogen-bond acceptors (Lipinski definition) is 3. The van der Waals surface area contributed by atoms with E-state index in [4.69, 9.17) is 4.74 Å². The van der Waals surface area contributed by atoms with Crippen molar-refractivity contribution in [3.8, 4) is 0 Å². The number of ether oxygens (including phenoxy) is 1. The Kier molecular flexibility index (Phi) is 5.92. The fourth-order valence-corrected chi connectivity index (χ4v) is 3.16. The van der Waals surface area contributed by atoms with E-state index in [0.29, 0.717) is 6.54 Å². The molecule has 4 nitrogen and oxygen atoms in total. The monoisotopic (exact) mass is 332 g/mol. The summed E-state index contributed by atoms with van der Waals surface area (Å²) in [6.45, 7) is 16.0. The molecule has 0 saturated carbocycles. The van der Waals surface area contributed by atoms with Gasteiger partial charge in [0.25, 0.3) is 0 Å². The van der Waals surface area contributed by atoms with E-state index in [9.17, 15) is 4.79 Å². The molecule has 0 fully saturated rings. The zero-order valence-corrected chi connectivity index (χ0v) is 16.1. The highest BCUT2D eigenvalue weighted by Crippen LogP contribution is 2.26. The molecule has 0 aliphatic carbocycles. The first-order valence-electron chi connectivity index (χ1n) is 9.06. The molecule has 1 aromatic rings. The smallest absolute Gasteiger partial charge is 0.410 e. The summed E-state index contributed by atoms with van der Waals surface area (Å²) in [5.74, 6) is 0. The van der Waals surface area contributed by atoms with Crippen LogP contribution in [0.5, 0.6) is 0 Å². The maximum absolute atomic E-state index is 12.4. The quantitative estimate of drug-likeness (QED) is 0.828. The Morgan fingerprint density at radius 3 is 2.50 bits per heavy atom. The number of hydrogen-bond donors (Lipinski definition) is 0. The molecule has 0 bridgehead atoms. The molecule has 0 aromatic heterocycles. The number of fused-ring (bicyclic) bond motifs is 1. The van der Waals surface area contributed by atoms with Gasteiger partial charge in [0.2, 0.25) is 0 Å². The van der Waals surface area contributed by atoms with E-state index >= 15 is 0 Å². The molecule has 134 valence electrons. The summed E-state index contributed by atoms with van der Waals surface area (Å²) >= 11 is 0. The molecule has 0 spiro atoms. The molecular weight excluding hydrogens is 300 g/mol. The Hall–Kier alpha value is -1.55. The van der Waals surface area contributed by atoms with Gasteiger partial charge in [-0.1, -0.05) is 32.0 Å². The van der Waals surface area contributed by atoms with Crippen molar-refractivity contribution in [1.82, 2.24) is 9.80 Å². The van der Waals surface area contributed by atoms with Gasteiger partial charge in [-0.05, 0) is 63.9 Å². The second kappa shape index (κ2) is 7.56. The molecule has 1 amide bonds. The number of nitrogens with zero attached hydrogens (tertiary/aromatic N) is 2. The van der Waals surface area contributed by atoms with E-state index in [0.717, 1.165) is 26.1 Å². The minimum atomic E-state index is -0.454. The summed E-state index contributed by atoms with van der Waals surface area (Å²) in [6.07, 6.45) is 0.675. The lowest BCUT2D eigenvalue weighted by atomic mass is 9.93. The molecule has 1 aliphatic heterocycles. The van der Waals surface area contributed by atoms with Gasteiger partial charge in [0.15, 0.2) is 0 Å². The summed E-state index contributed by atoms with van der Waals surface area (Å²) in [7, 11) is 0. The van der Waals surface area contributed by atoms with Crippen LogP contribution in [0.15, 0.2) is 18.2 Å². The van der Waals surface area contributed by atoms with Crippen LogP contribution in [0.3, 0.4) is 0 Å². The third-order valence-electron chi connectivity index (χ3n) is 4.59. The lowest BCUT2D eigenvalue weighted by Gasteiger charge is -2.36. The first-order chi connectivity index (χ1) is 11.2. The maximum Gasteiger partial charge on any atom is 0.410 e. The highest BCUT2D eigenvalue weighted by atomic mass is 16.6. The van der Waals surface area contributed by atoms with Gasteiger partial charge in [-0.25, -0.2) is 4.79 Å². The lowest BCUT2D eigenvalue weighted by Crippen LogP contribution is -2.45. The number of carbonyl (C=O) groups excluding carboxylic acids is 1. The van der Waals surface area contributed by atoms with Crippen LogP contribution in [-0.2, 0) is 24.2 Å². The first kappa shape index (κ1) is 18.8. The van der Waals surface area contributed by atoms with Gasteiger partial charge < -0.3 is 9.64 Å². The van der Waals surface area contributed by atoms with Crippen molar-refractivity contribution < 1.29 is 9.53 Å². The van der Waals surface area contributed by atoms with E-state index in [2.05, 4.69) is 43.9 Å². The van der Waals surface area contributed by atoms with Crippen molar-refractivity contribution in [2.75, 3.05) is 13.1 Å². The number of amides is 1. The van der Waals surface area contributed by atoms with Gasteiger partial charge in [-0.2, -0.15) is 0 Å². The summed E-state index contributed by atoms with van der Waals surface area (Å²) in [4.78, 5) is 16.7. The normalized spacial score (nSPS) is 17.8. The zero-order valence-electron chi connectivity index (χ0n) is 16.1. The van der Waals surface area contributed by atoms with Crippen LogP contribution in [0.2, 0.25) is 0 Å². The van der Waals surface area contributed by atoms with Crippen LogP contribution in [0, 0.1) is 0 Å². The van der Waals surface area contributed by atoms with E-state index in [1.54, 1.807) is 0 Å². The van der Waals surface area contributed by atoms with Crippen molar-refractivity contribution in [2.45, 2.75) is 72.7 Å². The zero-order chi connectivity index (χ0) is 17.9. The Balaban J connectivity index is 2.12. The Labute approximate surface area is 146 Å². The molecule has 1 aliphatic rings. The van der Waals surface area contributed by atoms with E-state index < -0.39 is 5.60 Å². The summed E-state index contributed by atoms with van der Waals surface area (Å²) in [5, 5.41) is 0. The highest BCUT2D eigenvalue weighted by Gasteiger charge is 2.30. The number of rotatable bonds is 4. The fourth-order valence-electron chi connectivity index (χ4n) is 3.16. The lowest BCUT2D eigenvalue weighted by molar-refractivity contribution is 0.0138. The molecule has 2 rings (SSSR count). The molecule has 1 heterocycles. The fraction of sp³-hybridized carbons (Fsp3) is 0.650. The number of carbonyl (C=O) groups is 1. The van der Waals surface area contributed by atoms with Crippen LogP contribution in [0.1, 0.15) is 58.2 Å². The Bertz CT molecular complexity index is 573. The van der Waals surface area contributed by atoms with Crippen LogP contribution in [0.25, 0.3) is 0 Å². The molecule has 4 heteroatoms. The van der Waals surface area contributed by atoms with Crippen LogP contribution in [0.4, 0.5) is 4.79 Å². The standard InChI is InChI=1S/C20H32N2O2/c1-7-21(8-2)13-16-9-10-17-14-22(15(3)11-18(17)12-16)19(23)24-20(4,5)6/h9-10,12,15H,7-8,11,13-14H2,1-6H3. The largest absolute Gasteiger partial charge is 0.444 e. The SMILES string of the molecule is CCN(CC)Cc1ccc2c(c1)CC(C)N(C(=O)OC(C)(C)C)C2. The molecule has 24 heavy (non-hydrogen) atoms. The molecule has 0 radical (unpaired) electrons. The minimum Gasteiger partial charge on any atom is -0.444 e.